The summed E-state index contributed by atoms with van der Waals surface area (Å²) in [6.07, 6.45) is 3.39. The van der Waals surface area contributed by atoms with Gasteiger partial charge in [-0.1, -0.05) is 0 Å². The Morgan fingerprint density at radius 1 is 1.26 bits per heavy atom. The molecule has 0 aliphatic heterocycles. The van der Waals surface area contributed by atoms with Crippen LogP contribution in [0.3, 0.4) is 0 Å². The van der Waals surface area contributed by atoms with Crippen molar-refractivity contribution in [1.29, 1.82) is 0 Å². The molecule has 0 aliphatic rings. The maximum atomic E-state index is 9.69. The highest BCUT2D eigenvalue weighted by Gasteiger charge is 2.14. The van der Waals surface area contributed by atoms with Crippen molar-refractivity contribution in [3.63, 3.8) is 0 Å². The van der Waals surface area contributed by atoms with Crippen molar-refractivity contribution in [2.45, 2.75) is 19.4 Å². The van der Waals surface area contributed by atoms with Crippen LogP contribution < -0.4 is 10.6 Å². The number of anilines is 2. The normalized spacial score (nSPS) is 11.4. The Hall–Kier alpha value is -2.22. The molecule has 0 unspecified atom stereocenters. The van der Waals surface area contributed by atoms with Crippen LogP contribution in [0.5, 0.6) is 0 Å². The van der Waals surface area contributed by atoms with Gasteiger partial charge in [0.25, 0.3) is 5.95 Å². The summed E-state index contributed by atoms with van der Waals surface area (Å²) in [7, 11) is 1.72. The molecule has 0 radical (unpaired) electrons. The molecule has 8 heteroatoms. The summed E-state index contributed by atoms with van der Waals surface area (Å²) in [4.78, 5) is 12.6. The smallest absolute Gasteiger partial charge is 0.257 e. The second kappa shape index (κ2) is 5.19. The van der Waals surface area contributed by atoms with E-state index in [9.17, 15) is 5.11 Å². The molecule has 0 spiro atoms. The minimum atomic E-state index is -0.849. The molecule has 102 valence electrons. The summed E-state index contributed by atoms with van der Waals surface area (Å²) in [6, 6.07) is 1.78. The van der Waals surface area contributed by atoms with E-state index in [4.69, 9.17) is 0 Å². The van der Waals surface area contributed by atoms with Crippen molar-refractivity contribution >= 4 is 11.9 Å². The van der Waals surface area contributed by atoms with Crippen molar-refractivity contribution in [2.75, 3.05) is 24.2 Å². The molecule has 3 N–H and O–H groups in total. The van der Waals surface area contributed by atoms with Gasteiger partial charge in [0.2, 0.25) is 11.9 Å². The first-order valence-electron chi connectivity index (χ1n) is 5.88. The van der Waals surface area contributed by atoms with Gasteiger partial charge >= 0.3 is 0 Å². The largest absolute Gasteiger partial charge is 0.389 e. The van der Waals surface area contributed by atoms with E-state index in [0.717, 1.165) is 0 Å². The standard InChI is InChI=1S/C11H17N7O/c1-11(2,19)7-13-9-15-8(12-3)16-10(17-9)18-6-4-5-14-18/h4-6,19H,7H2,1-3H3,(H2,12,13,15,16,17). The second-order valence-electron chi connectivity index (χ2n) is 4.65. The number of nitrogens with zero attached hydrogens (tertiary/aromatic N) is 5. The Morgan fingerprint density at radius 2 is 2.00 bits per heavy atom. The van der Waals surface area contributed by atoms with Gasteiger partial charge in [-0.2, -0.15) is 20.1 Å². The van der Waals surface area contributed by atoms with E-state index in [1.54, 1.807) is 39.4 Å². The number of hydrogen-bond donors (Lipinski definition) is 3. The molecule has 0 aliphatic carbocycles. The lowest BCUT2D eigenvalue weighted by atomic mass is 10.1. The monoisotopic (exact) mass is 263 g/mol. The molecular formula is C11H17N7O. The molecule has 0 bridgehead atoms. The molecule has 0 fully saturated rings. The van der Waals surface area contributed by atoms with Gasteiger partial charge in [-0.15, -0.1) is 0 Å². The molecular weight excluding hydrogens is 246 g/mol. The predicted octanol–water partition coefficient (Wildman–Crippen LogP) is 0.282. The molecule has 0 aromatic carbocycles. The molecule has 2 aromatic rings. The van der Waals surface area contributed by atoms with Gasteiger partial charge in [0, 0.05) is 26.0 Å². The minimum absolute atomic E-state index is 0.332. The zero-order chi connectivity index (χ0) is 13.9. The molecule has 8 nitrogen and oxygen atoms in total. The van der Waals surface area contributed by atoms with Crippen LogP contribution >= 0.6 is 0 Å². The van der Waals surface area contributed by atoms with E-state index in [-0.39, 0.29) is 0 Å². The van der Waals surface area contributed by atoms with Crippen molar-refractivity contribution in [1.82, 2.24) is 24.7 Å². The molecule has 19 heavy (non-hydrogen) atoms. The van der Waals surface area contributed by atoms with E-state index in [1.807, 2.05) is 0 Å². The van der Waals surface area contributed by atoms with Crippen LogP contribution in [0.4, 0.5) is 11.9 Å². The zero-order valence-corrected chi connectivity index (χ0v) is 11.1. The number of nitrogens with one attached hydrogen (secondary N) is 2. The van der Waals surface area contributed by atoms with Gasteiger partial charge in [-0.25, -0.2) is 4.68 Å². The van der Waals surface area contributed by atoms with Gasteiger partial charge < -0.3 is 15.7 Å². The molecule has 2 rings (SSSR count). The van der Waals surface area contributed by atoms with E-state index in [1.165, 1.54) is 4.68 Å². The lowest BCUT2D eigenvalue weighted by Gasteiger charge is -2.17. The summed E-state index contributed by atoms with van der Waals surface area (Å²) in [5.74, 6) is 1.22. The van der Waals surface area contributed by atoms with E-state index in [0.29, 0.717) is 24.4 Å². The van der Waals surface area contributed by atoms with Crippen LogP contribution in [0, 0.1) is 0 Å². The van der Waals surface area contributed by atoms with Crippen LogP contribution in [0.1, 0.15) is 13.8 Å². The van der Waals surface area contributed by atoms with Crippen LogP contribution in [-0.2, 0) is 0 Å². The summed E-state index contributed by atoms with van der Waals surface area (Å²) in [5.41, 5.74) is -0.849. The highest BCUT2D eigenvalue weighted by molar-refractivity contribution is 5.37. The average Bonchev–Trinajstić information content (AvgIpc) is 2.89. The Labute approximate surface area is 110 Å². The van der Waals surface area contributed by atoms with E-state index >= 15 is 0 Å². The van der Waals surface area contributed by atoms with Crippen molar-refractivity contribution in [2.24, 2.45) is 0 Å². The lowest BCUT2D eigenvalue weighted by molar-refractivity contribution is 0.0943. The Balaban J connectivity index is 2.26. The first-order chi connectivity index (χ1) is 8.98. The highest BCUT2D eigenvalue weighted by atomic mass is 16.3. The molecule has 0 saturated heterocycles. The van der Waals surface area contributed by atoms with Gasteiger partial charge in [0.1, 0.15) is 0 Å². The number of rotatable bonds is 5. The maximum Gasteiger partial charge on any atom is 0.257 e. The summed E-state index contributed by atoms with van der Waals surface area (Å²) < 4.78 is 1.54. The van der Waals surface area contributed by atoms with Crippen molar-refractivity contribution in [3.05, 3.63) is 18.5 Å². The Morgan fingerprint density at radius 3 is 2.58 bits per heavy atom. The number of aromatic nitrogens is 5. The van der Waals surface area contributed by atoms with Crippen LogP contribution in [0.25, 0.3) is 5.95 Å². The van der Waals surface area contributed by atoms with Gasteiger partial charge in [-0.3, -0.25) is 0 Å². The van der Waals surface area contributed by atoms with Crippen molar-refractivity contribution in [3.8, 4) is 5.95 Å². The predicted molar refractivity (Wildman–Crippen MR) is 71.3 cm³/mol. The van der Waals surface area contributed by atoms with Gasteiger partial charge in [0.05, 0.1) is 5.60 Å². The topological polar surface area (TPSA) is 101 Å². The van der Waals surface area contributed by atoms with Crippen molar-refractivity contribution < 1.29 is 5.11 Å². The fourth-order valence-electron chi connectivity index (χ4n) is 1.34. The van der Waals surface area contributed by atoms with E-state index < -0.39 is 5.60 Å². The Kier molecular flexibility index (Phi) is 3.61. The second-order valence-corrected chi connectivity index (χ2v) is 4.65. The molecule has 0 saturated carbocycles. The molecule has 0 atom stereocenters. The molecule has 2 aromatic heterocycles. The third-order valence-corrected chi connectivity index (χ3v) is 2.24. The van der Waals surface area contributed by atoms with Crippen LogP contribution in [-0.4, -0.2) is 49.0 Å². The molecule has 2 heterocycles. The quantitative estimate of drug-likeness (QED) is 0.712. The highest BCUT2D eigenvalue weighted by Crippen LogP contribution is 2.09. The summed E-state index contributed by atoms with van der Waals surface area (Å²) in [5, 5.41) is 19.6. The van der Waals surface area contributed by atoms with Crippen LogP contribution in [0.2, 0.25) is 0 Å². The molecule has 0 amide bonds. The SMILES string of the molecule is CNc1nc(NCC(C)(C)O)nc(-n2cccn2)n1. The maximum absolute atomic E-state index is 9.69. The Bertz CT molecular complexity index is 532. The fraction of sp³-hybridized carbons (Fsp3) is 0.455. The zero-order valence-electron chi connectivity index (χ0n) is 11.1. The summed E-state index contributed by atoms with van der Waals surface area (Å²) >= 11 is 0. The van der Waals surface area contributed by atoms with Crippen LogP contribution in [0.15, 0.2) is 18.5 Å². The van der Waals surface area contributed by atoms with E-state index in [2.05, 4.69) is 30.7 Å². The fourth-order valence-corrected chi connectivity index (χ4v) is 1.34. The minimum Gasteiger partial charge on any atom is -0.389 e. The first kappa shape index (κ1) is 13.2. The third-order valence-electron chi connectivity index (χ3n) is 2.24. The van der Waals surface area contributed by atoms with Gasteiger partial charge in [0.15, 0.2) is 0 Å². The summed E-state index contributed by atoms with van der Waals surface area (Å²) in [6.45, 7) is 3.74. The number of aliphatic hydroxyl groups is 1. The number of hydrogen-bond acceptors (Lipinski definition) is 7. The first-order valence-corrected chi connectivity index (χ1v) is 5.88. The average molecular weight is 263 g/mol. The lowest BCUT2D eigenvalue weighted by Crippen LogP contribution is -2.30. The third kappa shape index (κ3) is 3.62. The van der Waals surface area contributed by atoms with Gasteiger partial charge in [-0.05, 0) is 19.9 Å².